The predicted octanol–water partition coefficient (Wildman–Crippen LogP) is 2.03. The molecule has 3 rings (SSSR count). The number of carbonyl (C=O) groups is 1. The van der Waals surface area contributed by atoms with Crippen molar-refractivity contribution in [3.8, 4) is 0 Å². The van der Waals surface area contributed by atoms with Crippen LogP contribution in [0.25, 0.3) is 0 Å². The van der Waals surface area contributed by atoms with Crippen LogP contribution in [0.15, 0.2) is 29.4 Å². The molecule has 2 saturated heterocycles. The molecular formula is C23H40IN7O. The van der Waals surface area contributed by atoms with Crippen LogP contribution in [-0.4, -0.2) is 92.6 Å². The number of likely N-dealkylation sites (tertiary alicyclic amines) is 1. The summed E-state index contributed by atoms with van der Waals surface area (Å²) in [5, 5.41) is 6.64. The SMILES string of the molecule is CN=C(NCCCN1CCC(C)CC1)NCCC(=O)N1CCN(c2ccccn2)CC1.I. The summed E-state index contributed by atoms with van der Waals surface area (Å²) in [5.41, 5.74) is 0. The molecule has 0 bridgehead atoms. The maximum atomic E-state index is 12.6. The van der Waals surface area contributed by atoms with Crippen LogP contribution in [0, 0.1) is 5.92 Å². The number of nitrogens with zero attached hydrogens (tertiary/aromatic N) is 5. The molecule has 0 saturated carbocycles. The molecule has 2 N–H and O–H groups in total. The van der Waals surface area contributed by atoms with Crippen LogP contribution in [-0.2, 0) is 4.79 Å². The lowest BCUT2D eigenvalue weighted by Gasteiger charge is -2.35. The fourth-order valence-electron chi connectivity index (χ4n) is 4.19. The maximum Gasteiger partial charge on any atom is 0.224 e. The summed E-state index contributed by atoms with van der Waals surface area (Å²) in [6.07, 6.45) is 6.05. The van der Waals surface area contributed by atoms with E-state index >= 15 is 0 Å². The Labute approximate surface area is 210 Å². The average molecular weight is 558 g/mol. The number of aromatic nitrogens is 1. The highest BCUT2D eigenvalue weighted by Gasteiger charge is 2.21. The first-order valence-electron chi connectivity index (χ1n) is 11.8. The number of aliphatic imine (C=N–C) groups is 1. The molecule has 2 fully saturated rings. The highest BCUT2D eigenvalue weighted by Crippen LogP contribution is 2.15. The highest BCUT2D eigenvalue weighted by molar-refractivity contribution is 14.0. The second kappa shape index (κ2) is 14.5. The first-order chi connectivity index (χ1) is 15.2. The topological polar surface area (TPSA) is 76.1 Å². The molecule has 0 aliphatic carbocycles. The van der Waals surface area contributed by atoms with Crippen molar-refractivity contribution < 1.29 is 4.79 Å². The van der Waals surface area contributed by atoms with E-state index in [2.05, 4.69) is 37.3 Å². The van der Waals surface area contributed by atoms with Crippen LogP contribution in [0.3, 0.4) is 0 Å². The van der Waals surface area contributed by atoms with Crippen molar-refractivity contribution in [1.29, 1.82) is 0 Å². The van der Waals surface area contributed by atoms with Crippen molar-refractivity contribution in [1.82, 2.24) is 25.4 Å². The van der Waals surface area contributed by atoms with Crippen molar-refractivity contribution in [3.05, 3.63) is 24.4 Å². The number of hydrogen-bond donors (Lipinski definition) is 2. The van der Waals surface area contributed by atoms with Gasteiger partial charge in [0.2, 0.25) is 5.91 Å². The number of rotatable bonds is 8. The van der Waals surface area contributed by atoms with Gasteiger partial charge in [-0.05, 0) is 56.9 Å². The summed E-state index contributed by atoms with van der Waals surface area (Å²) in [4.78, 5) is 28.0. The highest BCUT2D eigenvalue weighted by atomic mass is 127. The quantitative estimate of drug-likeness (QED) is 0.221. The minimum Gasteiger partial charge on any atom is -0.356 e. The number of halogens is 1. The Bertz CT molecular complexity index is 687. The summed E-state index contributed by atoms with van der Waals surface area (Å²) in [5.74, 6) is 2.84. The van der Waals surface area contributed by atoms with Gasteiger partial charge in [0.15, 0.2) is 5.96 Å². The lowest BCUT2D eigenvalue weighted by atomic mass is 9.99. The van der Waals surface area contributed by atoms with E-state index < -0.39 is 0 Å². The van der Waals surface area contributed by atoms with Gasteiger partial charge in [0.1, 0.15) is 5.82 Å². The van der Waals surface area contributed by atoms with Gasteiger partial charge in [-0.15, -0.1) is 24.0 Å². The second-order valence-corrected chi connectivity index (χ2v) is 8.61. The molecule has 0 aromatic carbocycles. The smallest absolute Gasteiger partial charge is 0.224 e. The normalized spacial score (nSPS) is 18.2. The molecule has 32 heavy (non-hydrogen) atoms. The fraction of sp³-hybridized carbons (Fsp3) is 0.696. The van der Waals surface area contributed by atoms with E-state index in [4.69, 9.17) is 0 Å². The summed E-state index contributed by atoms with van der Waals surface area (Å²) < 4.78 is 0. The van der Waals surface area contributed by atoms with E-state index in [9.17, 15) is 4.79 Å². The minimum absolute atomic E-state index is 0. The Morgan fingerprint density at radius 1 is 1.09 bits per heavy atom. The summed E-state index contributed by atoms with van der Waals surface area (Å²) in [7, 11) is 1.78. The molecule has 1 amide bonds. The molecule has 8 nitrogen and oxygen atoms in total. The standard InChI is InChI=1S/C23H39N7O.HI/c1-20-8-14-28(15-9-20)13-5-11-26-23(24-2)27-12-7-22(31)30-18-16-29(17-19-30)21-6-3-4-10-25-21;/h3-4,6,10,20H,5,7-9,11-19H2,1-2H3,(H2,24,26,27);1H. The number of carbonyl (C=O) groups excluding carboxylic acids is 1. The van der Waals surface area contributed by atoms with Gasteiger partial charge in [-0.25, -0.2) is 4.98 Å². The lowest BCUT2D eigenvalue weighted by Crippen LogP contribution is -2.49. The molecule has 180 valence electrons. The van der Waals surface area contributed by atoms with E-state index in [-0.39, 0.29) is 29.9 Å². The third-order valence-corrected chi connectivity index (χ3v) is 6.28. The maximum absolute atomic E-state index is 12.6. The fourth-order valence-corrected chi connectivity index (χ4v) is 4.19. The van der Waals surface area contributed by atoms with Gasteiger partial charge in [0.05, 0.1) is 0 Å². The lowest BCUT2D eigenvalue weighted by molar-refractivity contribution is -0.131. The van der Waals surface area contributed by atoms with Crippen LogP contribution in [0.2, 0.25) is 0 Å². The van der Waals surface area contributed by atoms with Crippen molar-refractivity contribution in [3.63, 3.8) is 0 Å². The molecule has 1 aromatic heterocycles. The number of amides is 1. The van der Waals surface area contributed by atoms with E-state index in [1.807, 2.05) is 29.3 Å². The van der Waals surface area contributed by atoms with E-state index in [1.54, 1.807) is 7.05 Å². The van der Waals surface area contributed by atoms with Gasteiger partial charge < -0.3 is 25.3 Å². The van der Waals surface area contributed by atoms with Gasteiger partial charge in [-0.2, -0.15) is 0 Å². The zero-order chi connectivity index (χ0) is 21.9. The van der Waals surface area contributed by atoms with Crippen molar-refractivity contribution in [2.75, 3.05) is 70.9 Å². The third-order valence-electron chi connectivity index (χ3n) is 6.28. The monoisotopic (exact) mass is 557 g/mol. The van der Waals surface area contributed by atoms with Crippen LogP contribution >= 0.6 is 24.0 Å². The summed E-state index contributed by atoms with van der Waals surface area (Å²) in [6, 6.07) is 5.95. The van der Waals surface area contributed by atoms with Crippen molar-refractivity contribution in [2.45, 2.75) is 32.6 Å². The molecule has 0 unspecified atom stereocenters. The number of piperazine rings is 1. The zero-order valence-electron chi connectivity index (χ0n) is 19.6. The Balaban J connectivity index is 0.00000363. The van der Waals surface area contributed by atoms with Gasteiger partial charge in [-0.3, -0.25) is 9.79 Å². The largest absolute Gasteiger partial charge is 0.356 e. The van der Waals surface area contributed by atoms with Crippen molar-refractivity contribution >= 4 is 41.7 Å². The number of hydrogen-bond acceptors (Lipinski definition) is 5. The Morgan fingerprint density at radius 2 is 1.81 bits per heavy atom. The number of nitrogens with one attached hydrogen (secondary N) is 2. The summed E-state index contributed by atoms with van der Waals surface area (Å²) >= 11 is 0. The van der Waals surface area contributed by atoms with Crippen molar-refractivity contribution in [2.24, 2.45) is 10.9 Å². The van der Waals surface area contributed by atoms with E-state index in [1.165, 1.54) is 25.9 Å². The van der Waals surface area contributed by atoms with Gasteiger partial charge in [0.25, 0.3) is 0 Å². The number of anilines is 1. The molecule has 0 spiro atoms. The number of pyridine rings is 1. The average Bonchev–Trinajstić information content (AvgIpc) is 2.82. The minimum atomic E-state index is 0. The molecular weight excluding hydrogens is 517 g/mol. The molecule has 3 heterocycles. The second-order valence-electron chi connectivity index (χ2n) is 8.61. The molecule has 9 heteroatoms. The Hall–Kier alpha value is -1.62. The first-order valence-corrected chi connectivity index (χ1v) is 11.8. The van der Waals surface area contributed by atoms with E-state index in [0.717, 1.165) is 63.4 Å². The Kier molecular flexibility index (Phi) is 12.1. The number of guanidine groups is 1. The summed E-state index contributed by atoms with van der Waals surface area (Å²) in [6.45, 7) is 10.6. The van der Waals surface area contributed by atoms with Crippen LogP contribution in [0.4, 0.5) is 5.82 Å². The Morgan fingerprint density at radius 3 is 2.47 bits per heavy atom. The van der Waals surface area contributed by atoms with Gasteiger partial charge in [0, 0.05) is 58.9 Å². The number of piperidine rings is 1. The van der Waals surface area contributed by atoms with Crippen LogP contribution < -0.4 is 15.5 Å². The zero-order valence-corrected chi connectivity index (χ0v) is 22.0. The van der Waals surface area contributed by atoms with E-state index in [0.29, 0.717) is 13.0 Å². The molecule has 2 aliphatic heterocycles. The molecule has 1 aromatic rings. The predicted molar refractivity (Wildman–Crippen MR) is 142 cm³/mol. The third kappa shape index (κ3) is 8.73. The van der Waals surface area contributed by atoms with Crippen LogP contribution in [0.1, 0.15) is 32.6 Å². The molecule has 0 radical (unpaired) electrons. The van der Waals surface area contributed by atoms with Gasteiger partial charge >= 0.3 is 0 Å². The molecule has 0 atom stereocenters. The first kappa shape index (κ1) is 26.6. The van der Waals surface area contributed by atoms with Gasteiger partial charge in [-0.1, -0.05) is 13.0 Å². The molecule has 2 aliphatic rings. The van der Waals surface area contributed by atoms with Crippen LogP contribution in [0.5, 0.6) is 0 Å².